The van der Waals surface area contributed by atoms with E-state index >= 15 is 0 Å². The number of rotatable bonds is 9. The average Bonchev–Trinajstić information content (AvgIpc) is 3.18. The summed E-state index contributed by atoms with van der Waals surface area (Å²) in [4.78, 5) is 38.7. The molecule has 0 radical (unpaired) electrons. The van der Waals surface area contributed by atoms with Gasteiger partial charge in [-0.15, -0.1) is 13.2 Å². The summed E-state index contributed by atoms with van der Waals surface area (Å²) >= 11 is 0. The van der Waals surface area contributed by atoms with Crippen molar-refractivity contribution < 1.29 is 37.4 Å². The van der Waals surface area contributed by atoms with Crippen LogP contribution in [0.4, 0.5) is 13.2 Å². The molecule has 2 amide bonds. The number of alkyl halides is 3. The van der Waals surface area contributed by atoms with Crippen LogP contribution in [0.2, 0.25) is 0 Å². The zero-order valence-corrected chi connectivity index (χ0v) is 20.4. The van der Waals surface area contributed by atoms with Crippen molar-refractivity contribution in [2.45, 2.75) is 39.7 Å². The Kier molecular flexibility index (Phi) is 8.22. The number of ether oxygens (including phenoxy) is 1. The second kappa shape index (κ2) is 11.0. The fourth-order valence-corrected chi connectivity index (χ4v) is 3.64. The van der Waals surface area contributed by atoms with Crippen LogP contribution in [0.25, 0.3) is 10.9 Å². The minimum atomic E-state index is -4.85. The van der Waals surface area contributed by atoms with Gasteiger partial charge >= 0.3 is 6.36 Å². The minimum Gasteiger partial charge on any atom is -0.406 e. The summed E-state index contributed by atoms with van der Waals surface area (Å²) < 4.78 is 42.3. The number of para-hydroxylation sites is 1. The topological polar surface area (TPSA) is 123 Å². The number of Topliss-reactive ketones (excluding diaryl/α,β-unsaturated/α-hetero) is 1. The first-order valence-corrected chi connectivity index (χ1v) is 11.3. The molecule has 3 N–H and O–H groups in total. The molecular weight excluding hydrogens is 493 g/mol. The second-order valence-corrected chi connectivity index (χ2v) is 9.31. The number of nitrogens with zero attached hydrogens (tertiary/aromatic N) is 2. The number of hydrogen-bond donors (Lipinski definition) is 3. The molecule has 0 fully saturated rings. The molecule has 37 heavy (non-hydrogen) atoms. The van der Waals surface area contributed by atoms with E-state index < -0.39 is 41.2 Å². The smallest absolute Gasteiger partial charge is 0.406 e. The fraction of sp³-hybridized carbons (Fsp3) is 0.360. The number of aliphatic hydroxyl groups is 1. The number of halogens is 3. The Balaban J connectivity index is 1.85. The first kappa shape index (κ1) is 27.7. The van der Waals surface area contributed by atoms with E-state index in [0.29, 0.717) is 10.9 Å². The molecular formula is C25H27F3N4O5. The van der Waals surface area contributed by atoms with Gasteiger partial charge in [0, 0.05) is 17.5 Å². The van der Waals surface area contributed by atoms with Crippen LogP contribution in [0.1, 0.15) is 41.6 Å². The number of ketones is 1. The molecule has 1 heterocycles. The number of fused-ring (bicyclic) bond motifs is 1. The summed E-state index contributed by atoms with van der Waals surface area (Å²) in [6.07, 6.45) is -4.85. The van der Waals surface area contributed by atoms with E-state index in [2.05, 4.69) is 20.5 Å². The van der Waals surface area contributed by atoms with E-state index in [1.807, 2.05) is 0 Å². The maximum Gasteiger partial charge on any atom is 0.573 e. The molecule has 9 nitrogen and oxygen atoms in total. The van der Waals surface area contributed by atoms with Crippen LogP contribution in [0.15, 0.2) is 48.5 Å². The van der Waals surface area contributed by atoms with Gasteiger partial charge in [-0.25, -0.2) is 0 Å². The third kappa shape index (κ3) is 7.06. The Morgan fingerprint density at radius 2 is 1.70 bits per heavy atom. The number of aliphatic hydroxyl groups excluding tert-OH is 1. The van der Waals surface area contributed by atoms with Gasteiger partial charge in [-0.2, -0.15) is 5.10 Å². The zero-order valence-electron chi connectivity index (χ0n) is 20.4. The number of amides is 2. The Hall–Kier alpha value is -3.93. The standard InChI is InChI=1S/C25H27F3N4O5/c1-24(2,3)21(23(36)29-12-13-33)30-22(35)20-17-6-4-5-7-18(17)32(31-20)14-19(34)15-8-10-16(11-9-15)37-25(26,27)28/h4-11,21,33H,12-14H2,1-3H3,(H,29,36)(H,30,35). The van der Waals surface area contributed by atoms with Crippen LogP contribution in [0, 0.1) is 5.41 Å². The van der Waals surface area contributed by atoms with Gasteiger partial charge < -0.3 is 20.5 Å². The lowest BCUT2D eigenvalue weighted by molar-refractivity contribution is -0.274. The van der Waals surface area contributed by atoms with Crippen LogP contribution in [-0.4, -0.2) is 58.0 Å². The maximum atomic E-state index is 13.2. The zero-order chi connectivity index (χ0) is 27.4. The Bertz CT molecular complexity index is 1280. The van der Waals surface area contributed by atoms with E-state index in [4.69, 9.17) is 5.11 Å². The van der Waals surface area contributed by atoms with Gasteiger partial charge in [-0.3, -0.25) is 19.1 Å². The van der Waals surface area contributed by atoms with Gasteiger partial charge in [0.25, 0.3) is 5.91 Å². The van der Waals surface area contributed by atoms with Crippen molar-refractivity contribution in [1.82, 2.24) is 20.4 Å². The summed E-state index contributed by atoms with van der Waals surface area (Å²) in [6, 6.07) is 10.3. The van der Waals surface area contributed by atoms with Crippen LogP contribution < -0.4 is 15.4 Å². The van der Waals surface area contributed by atoms with Gasteiger partial charge in [0.15, 0.2) is 11.5 Å². The lowest BCUT2D eigenvalue weighted by Gasteiger charge is -2.30. The van der Waals surface area contributed by atoms with Gasteiger partial charge in [-0.1, -0.05) is 39.0 Å². The van der Waals surface area contributed by atoms with E-state index in [-0.39, 0.29) is 31.0 Å². The van der Waals surface area contributed by atoms with Crippen molar-refractivity contribution in [3.8, 4) is 5.75 Å². The second-order valence-electron chi connectivity index (χ2n) is 9.31. The molecule has 0 spiro atoms. The average molecular weight is 521 g/mol. The molecule has 2 aromatic carbocycles. The number of hydrogen-bond acceptors (Lipinski definition) is 6. The number of aromatic nitrogens is 2. The largest absolute Gasteiger partial charge is 0.573 e. The normalized spacial score (nSPS) is 12.7. The first-order valence-electron chi connectivity index (χ1n) is 11.3. The third-order valence-electron chi connectivity index (χ3n) is 5.39. The van der Waals surface area contributed by atoms with Crippen molar-refractivity contribution in [2.75, 3.05) is 13.2 Å². The lowest BCUT2D eigenvalue weighted by Crippen LogP contribution is -2.54. The van der Waals surface area contributed by atoms with E-state index in [1.54, 1.807) is 45.0 Å². The highest BCUT2D eigenvalue weighted by Crippen LogP contribution is 2.25. The van der Waals surface area contributed by atoms with Gasteiger partial charge in [0.1, 0.15) is 18.3 Å². The number of carbonyl (C=O) groups excluding carboxylic acids is 3. The monoisotopic (exact) mass is 520 g/mol. The first-order chi connectivity index (χ1) is 17.3. The Labute approximate surface area is 210 Å². The molecule has 1 unspecified atom stereocenters. The van der Waals surface area contributed by atoms with Crippen molar-refractivity contribution in [3.05, 3.63) is 59.8 Å². The van der Waals surface area contributed by atoms with Crippen LogP contribution in [0.3, 0.4) is 0 Å². The van der Waals surface area contributed by atoms with Gasteiger partial charge in [0.05, 0.1) is 12.1 Å². The summed E-state index contributed by atoms with van der Waals surface area (Å²) in [7, 11) is 0. The van der Waals surface area contributed by atoms with Crippen LogP contribution >= 0.6 is 0 Å². The molecule has 1 atom stereocenters. The molecule has 0 aliphatic rings. The SMILES string of the molecule is CC(C)(C)C(NC(=O)c1nn(CC(=O)c2ccc(OC(F)(F)F)cc2)c2ccccc12)C(=O)NCCO. The summed E-state index contributed by atoms with van der Waals surface area (Å²) in [5.74, 6) is -2.00. The van der Waals surface area contributed by atoms with Crippen molar-refractivity contribution >= 4 is 28.5 Å². The van der Waals surface area contributed by atoms with Crippen LogP contribution in [0.5, 0.6) is 5.75 Å². The minimum absolute atomic E-state index is 0.00142. The van der Waals surface area contributed by atoms with Crippen molar-refractivity contribution in [3.63, 3.8) is 0 Å². The molecule has 198 valence electrons. The molecule has 0 aliphatic heterocycles. The Morgan fingerprint density at radius 3 is 2.30 bits per heavy atom. The number of benzene rings is 2. The quantitative estimate of drug-likeness (QED) is 0.373. The molecule has 0 aliphatic carbocycles. The van der Waals surface area contributed by atoms with Crippen molar-refractivity contribution in [1.29, 1.82) is 0 Å². The van der Waals surface area contributed by atoms with E-state index in [0.717, 1.165) is 12.1 Å². The highest BCUT2D eigenvalue weighted by Gasteiger charge is 2.34. The lowest BCUT2D eigenvalue weighted by atomic mass is 9.86. The molecule has 3 aromatic rings. The fourth-order valence-electron chi connectivity index (χ4n) is 3.64. The van der Waals surface area contributed by atoms with Crippen LogP contribution in [-0.2, 0) is 11.3 Å². The summed E-state index contributed by atoms with van der Waals surface area (Å²) in [6.45, 7) is 4.82. The van der Waals surface area contributed by atoms with Gasteiger partial charge in [0.2, 0.25) is 5.91 Å². The number of nitrogens with one attached hydrogen (secondary N) is 2. The van der Waals surface area contributed by atoms with Gasteiger partial charge in [-0.05, 0) is 35.7 Å². The highest BCUT2D eigenvalue weighted by molar-refractivity contribution is 6.06. The predicted molar refractivity (Wildman–Crippen MR) is 128 cm³/mol. The number of carbonyl (C=O) groups is 3. The third-order valence-corrected chi connectivity index (χ3v) is 5.39. The molecule has 1 aromatic heterocycles. The molecule has 12 heteroatoms. The molecule has 0 saturated heterocycles. The summed E-state index contributed by atoms with van der Waals surface area (Å²) in [5, 5.41) is 19.0. The van der Waals surface area contributed by atoms with E-state index in [1.165, 1.54) is 16.8 Å². The summed E-state index contributed by atoms with van der Waals surface area (Å²) in [5.41, 5.74) is -0.0454. The van der Waals surface area contributed by atoms with E-state index in [9.17, 15) is 27.6 Å². The highest BCUT2D eigenvalue weighted by atomic mass is 19.4. The molecule has 0 saturated carbocycles. The molecule has 0 bridgehead atoms. The Morgan fingerprint density at radius 1 is 1.05 bits per heavy atom. The molecule has 3 rings (SSSR count). The predicted octanol–water partition coefficient (Wildman–Crippen LogP) is 3.07. The maximum absolute atomic E-state index is 13.2. The van der Waals surface area contributed by atoms with Crippen molar-refractivity contribution in [2.24, 2.45) is 5.41 Å².